The summed E-state index contributed by atoms with van der Waals surface area (Å²) in [5.74, 6) is -0.536. The number of nitrogens with one attached hydrogen (secondary N) is 1. The highest BCUT2D eigenvalue weighted by atomic mass is 19.4. The molecule has 164 valence electrons. The number of benzene rings is 2. The zero-order valence-electron chi connectivity index (χ0n) is 17.0. The van der Waals surface area contributed by atoms with Crippen LogP contribution in [0.25, 0.3) is 10.9 Å². The average molecular weight is 436 g/mol. The summed E-state index contributed by atoms with van der Waals surface area (Å²) in [6.45, 7) is 5.04. The lowest BCUT2D eigenvalue weighted by Crippen LogP contribution is -2.27. The molecule has 0 aliphatic carbocycles. The van der Waals surface area contributed by atoms with Gasteiger partial charge in [0.1, 0.15) is 5.82 Å². The SMILES string of the molecule is Cc1c(OC(=O)NCc2cccc(F)c2)c(OC(C)C)nc2cc(C(F)(F)F)ccc12. The highest BCUT2D eigenvalue weighted by molar-refractivity contribution is 5.87. The van der Waals surface area contributed by atoms with E-state index >= 15 is 0 Å². The summed E-state index contributed by atoms with van der Waals surface area (Å²) in [5, 5.41) is 2.89. The van der Waals surface area contributed by atoms with Crippen molar-refractivity contribution in [2.75, 3.05) is 0 Å². The van der Waals surface area contributed by atoms with Crippen LogP contribution in [0.2, 0.25) is 0 Å². The second-order valence-electron chi connectivity index (χ2n) is 7.14. The van der Waals surface area contributed by atoms with Crippen LogP contribution in [0.15, 0.2) is 42.5 Å². The molecule has 1 aromatic heterocycles. The van der Waals surface area contributed by atoms with Gasteiger partial charge in [0.15, 0.2) is 5.75 Å². The summed E-state index contributed by atoms with van der Waals surface area (Å²) in [7, 11) is 0. The van der Waals surface area contributed by atoms with Crippen molar-refractivity contribution in [3.8, 4) is 11.6 Å². The first-order valence-corrected chi connectivity index (χ1v) is 9.43. The Morgan fingerprint density at radius 3 is 2.55 bits per heavy atom. The van der Waals surface area contributed by atoms with Crippen LogP contribution in [0, 0.1) is 12.7 Å². The van der Waals surface area contributed by atoms with Crippen LogP contribution in [0.5, 0.6) is 11.6 Å². The Labute approximate surface area is 176 Å². The lowest BCUT2D eigenvalue weighted by molar-refractivity contribution is -0.137. The standard InChI is InChI=1S/C22H20F4N2O3/c1-12(2)30-20-19(31-21(29)27-11-14-5-4-6-16(23)9-14)13(3)17-8-7-15(22(24,25)26)10-18(17)28-20/h4-10,12H,11H2,1-3H3,(H,27,29). The third kappa shape index (κ3) is 5.42. The van der Waals surface area contributed by atoms with Crippen molar-refractivity contribution >= 4 is 17.0 Å². The highest BCUT2D eigenvalue weighted by Gasteiger charge is 2.31. The van der Waals surface area contributed by atoms with Crippen molar-refractivity contribution in [3.63, 3.8) is 0 Å². The van der Waals surface area contributed by atoms with Crippen molar-refractivity contribution in [1.29, 1.82) is 0 Å². The minimum Gasteiger partial charge on any atom is -0.472 e. The number of hydrogen-bond acceptors (Lipinski definition) is 4. The molecule has 1 N–H and O–H groups in total. The fourth-order valence-electron chi connectivity index (χ4n) is 2.93. The molecule has 1 amide bonds. The quantitative estimate of drug-likeness (QED) is 0.516. The summed E-state index contributed by atoms with van der Waals surface area (Å²) in [6.07, 6.45) is -5.73. The second kappa shape index (κ2) is 8.79. The molecule has 0 atom stereocenters. The molecule has 3 aromatic rings. The molecule has 5 nitrogen and oxygen atoms in total. The Hall–Kier alpha value is -3.36. The number of aromatic nitrogens is 1. The Morgan fingerprint density at radius 1 is 1.16 bits per heavy atom. The molecule has 0 unspecified atom stereocenters. The van der Waals surface area contributed by atoms with E-state index < -0.39 is 23.7 Å². The number of amides is 1. The number of halogens is 4. The molecular formula is C22H20F4N2O3. The molecule has 31 heavy (non-hydrogen) atoms. The average Bonchev–Trinajstić information content (AvgIpc) is 2.68. The first kappa shape index (κ1) is 22.3. The summed E-state index contributed by atoms with van der Waals surface area (Å²) in [5.41, 5.74) is 0.151. The first-order chi connectivity index (χ1) is 14.5. The molecule has 0 bridgehead atoms. The third-order valence-corrected chi connectivity index (χ3v) is 4.35. The topological polar surface area (TPSA) is 60.5 Å². The first-order valence-electron chi connectivity index (χ1n) is 9.43. The van der Waals surface area contributed by atoms with E-state index in [1.807, 2.05) is 0 Å². The number of ether oxygens (including phenoxy) is 2. The number of carbonyl (C=O) groups excluding carboxylic acids is 1. The fourth-order valence-corrected chi connectivity index (χ4v) is 2.93. The van der Waals surface area contributed by atoms with Gasteiger partial charge in [-0.3, -0.25) is 0 Å². The van der Waals surface area contributed by atoms with Gasteiger partial charge in [-0.25, -0.2) is 14.2 Å². The van der Waals surface area contributed by atoms with Crippen LogP contribution in [-0.4, -0.2) is 17.2 Å². The molecule has 2 aromatic carbocycles. The van der Waals surface area contributed by atoms with Crippen molar-refractivity contribution in [2.45, 2.75) is 39.6 Å². The maximum absolute atomic E-state index is 13.3. The molecule has 3 rings (SSSR count). The van der Waals surface area contributed by atoms with Gasteiger partial charge in [0.25, 0.3) is 5.88 Å². The largest absolute Gasteiger partial charge is 0.472 e. The van der Waals surface area contributed by atoms with Gasteiger partial charge in [-0.2, -0.15) is 13.2 Å². The summed E-state index contributed by atoms with van der Waals surface area (Å²) >= 11 is 0. The lowest BCUT2D eigenvalue weighted by Gasteiger charge is -2.17. The van der Waals surface area contributed by atoms with E-state index in [4.69, 9.17) is 9.47 Å². The van der Waals surface area contributed by atoms with E-state index in [0.717, 1.165) is 12.1 Å². The van der Waals surface area contributed by atoms with Gasteiger partial charge < -0.3 is 14.8 Å². The maximum atomic E-state index is 13.3. The molecule has 9 heteroatoms. The predicted molar refractivity (Wildman–Crippen MR) is 107 cm³/mol. The Balaban J connectivity index is 1.91. The van der Waals surface area contributed by atoms with Crippen LogP contribution in [0.1, 0.15) is 30.5 Å². The number of pyridine rings is 1. The van der Waals surface area contributed by atoms with Crippen LogP contribution in [0.4, 0.5) is 22.4 Å². The minimum atomic E-state index is -4.52. The number of carbonyl (C=O) groups is 1. The molecule has 0 saturated carbocycles. The van der Waals surface area contributed by atoms with E-state index in [1.165, 1.54) is 24.3 Å². The highest BCUT2D eigenvalue weighted by Crippen LogP contribution is 2.38. The van der Waals surface area contributed by atoms with Crippen molar-refractivity contribution in [2.24, 2.45) is 0 Å². The normalized spacial score (nSPS) is 11.6. The molecule has 0 saturated heterocycles. The predicted octanol–water partition coefficient (Wildman–Crippen LogP) is 5.78. The summed E-state index contributed by atoms with van der Waals surface area (Å²) < 4.78 is 63.5. The number of hydrogen-bond donors (Lipinski definition) is 1. The molecule has 0 aliphatic heterocycles. The maximum Gasteiger partial charge on any atom is 0.416 e. The van der Waals surface area contributed by atoms with Gasteiger partial charge >= 0.3 is 12.3 Å². The van der Waals surface area contributed by atoms with Gasteiger partial charge in [0.2, 0.25) is 0 Å². The van der Waals surface area contributed by atoms with Crippen LogP contribution >= 0.6 is 0 Å². The second-order valence-corrected chi connectivity index (χ2v) is 7.14. The molecule has 1 heterocycles. The number of nitrogens with zero attached hydrogens (tertiary/aromatic N) is 1. The molecule has 0 spiro atoms. The third-order valence-electron chi connectivity index (χ3n) is 4.35. The lowest BCUT2D eigenvalue weighted by atomic mass is 10.1. The van der Waals surface area contributed by atoms with Crippen molar-refractivity contribution < 1.29 is 31.8 Å². The van der Waals surface area contributed by atoms with Crippen LogP contribution < -0.4 is 14.8 Å². The van der Waals surface area contributed by atoms with E-state index in [2.05, 4.69) is 10.3 Å². The summed E-state index contributed by atoms with van der Waals surface area (Å²) in [4.78, 5) is 16.5. The Morgan fingerprint density at radius 2 is 1.90 bits per heavy atom. The number of rotatable bonds is 5. The van der Waals surface area contributed by atoms with E-state index in [0.29, 0.717) is 16.5 Å². The van der Waals surface area contributed by atoms with Crippen LogP contribution in [0.3, 0.4) is 0 Å². The minimum absolute atomic E-state index is 0.00213. The Bertz CT molecular complexity index is 1110. The number of fused-ring (bicyclic) bond motifs is 1. The monoisotopic (exact) mass is 436 g/mol. The van der Waals surface area contributed by atoms with Gasteiger partial charge in [-0.1, -0.05) is 18.2 Å². The molecular weight excluding hydrogens is 416 g/mol. The molecule has 0 fully saturated rings. The van der Waals surface area contributed by atoms with E-state index in [-0.39, 0.29) is 29.8 Å². The van der Waals surface area contributed by atoms with Gasteiger partial charge in [-0.05, 0) is 50.6 Å². The van der Waals surface area contributed by atoms with Gasteiger partial charge in [0.05, 0.1) is 17.2 Å². The van der Waals surface area contributed by atoms with Gasteiger partial charge in [0, 0.05) is 17.5 Å². The van der Waals surface area contributed by atoms with Crippen LogP contribution in [-0.2, 0) is 12.7 Å². The van der Waals surface area contributed by atoms with Crippen molar-refractivity contribution in [1.82, 2.24) is 10.3 Å². The van der Waals surface area contributed by atoms with Crippen molar-refractivity contribution in [3.05, 3.63) is 65.0 Å². The number of aryl methyl sites for hydroxylation is 1. The zero-order chi connectivity index (χ0) is 22.8. The number of alkyl halides is 3. The van der Waals surface area contributed by atoms with E-state index in [9.17, 15) is 22.4 Å². The molecule has 0 radical (unpaired) electrons. The Kier molecular flexibility index (Phi) is 6.33. The van der Waals surface area contributed by atoms with Gasteiger partial charge in [-0.15, -0.1) is 0 Å². The smallest absolute Gasteiger partial charge is 0.416 e. The molecule has 0 aliphatic rings. The fraction of sp³-hybridized carbons (Fsp3) is 0.273. The zero-order valence-corrected chi connectivity index (χ0v) is 17.0. The van der Waals surface area contributed by atoms with E-state index in [1.54, 1.807) is 26.8 Å². The summed E-state index contributed by atoms with van der Waals surface area (Å²) in [6, 6.07) is 8.84.